The summed E-state index contributed by atoms with van der Waals surface area (Å²) < 4.78 is 65.6. The van der Waals surface area contributed by atoms with E-state index in [-0.39, 0.29) is 38.5 Å². The highest BCUT2D eigenvalue weighted by atomic mass is 32.2. The number of nitrogens with zero attached hydrogens (tertiary/aromatic N) is 7. The Hall–Kier alpha value is -4.52. The van der Waals surface area contributed by atoms with E-state index < -0.39 is 30.8 Å². The van der Waals surface area contributed by atoms with Crippen LogP contribution < -0.4 is 5.73 Å². The van der Waals surface area contributed by atoms with Gasteiger partial charge < -0.3 is 5.73 Å². The number of rotatable bonds is 7. The van der Waals surface area contributed by atoms with Gasteiger partial charge in [-0.25, -0.2) is 9.36 Å². The molecule has 37 heavy (non-hydrogen) atoms. The number of aryl methyl sites for hydroxylation is 1. The Morgan fingerprint density at radius 2 is 1.38 bits per heavy atom. The van der Waals surface area contributed by atoms with Gasteiger partial charge in [-0.05, 0) is 55.5 Å². The van der Waals surface area contributed by atoms with Gasteiger partial charge in [0.25, 0.3) is 26.1 Å². The number of nitro groups is 1. The third-order valence-electron chi connectivity index (χ3n) is 4.99. The van der Waals surface area contributed by atoms with Gasteiger partial charge in [0.05, 0.1) is 31.8 Å². The molecule has 0 radical (unpaired) electrons. The summed E-state index contributed by atoms with van der Waals surface area (Å²) in [6.07, 6.45) is 0.932. The smallest absolute Gasteiger partial charge is 0.335 e. The van der Waals surface area contributed by atoms with E-state index in [0.29, 0.717) is 5.69 Å². The van der Waals surface area contributed by atoms with Gasteiger partial charge >= 0.3 is 5.69 Å². The highest BCUT2D eigenvalue weighted by Gasteiger charge is 2.23. The number of aromatic nitrogens is 4. The summed E-state index contributed by atoms with van der Waals surface area (Å²) in [5, 5.41) is 27.6. The lowest BCUT2D eigenvalue weighted by molar-refractivity contribution is -0.384. The predicted octanol–water partition coefficient (Wildman–Crippen LogP) is 2.77. The maximum absolute atomic E-state index is 11.5. The highest BCUT2D eigenvalue weighted by molar-refractivity contribution is 7.86. The minimum absolute atomic E-state index is 0.0212. The molecular weight excluding hydrogens is 532 g/mol. The number of anilines is 1. The lowest BCUT2D eigenvalue weighted by Crippen LogP contribution is -2.03. The lowest BCUT2D eigenvalue weighted by atomic mass is 10.3. The molecule has 2 aromatic heterocycles. The van der Waals surface area contributed by atoms with Crippen LogP contribution in [-0.4, -0.2) is 50.4 Å². The van der Waals surface area contributed by atoms with E-state index in [0.717, 1.165) is 35.1 Å². The number of azo groups is 1. The Morgan fingerprint density at radius 3 is 1.84 bits per heavy atom. The molecule has 0 bridgehead atoms. The molecule has 4 aromatic rings. The number of benzene rings is 2. The molecule has 0 saturated carbocycles. The summed E-state index contributed by atoms with van der Waals surface area (Å²) in [6.45, 7) is 1.55. The molecule has 18 heteroatoms. The summed E-state index contributed by atoms with van der Waals surface area (Å²) in [5.41, 5.74) is 6.51. The fourth-order valence-electron chi connectivity index (χ4n) is 3.22. The van der Waals surface area contributed by atoms with Gasteiger partial charge in [0.1, 0.15) is 6.20 Å². The van der Waals surface area contributed by atoms with Crippen LogP contribution in [-0.2, 0) is 20.2 Å². The second-order valence-corrected chi connectivity index (χ2v) is 10.2. The first-order valence-corrected chi connectivity index (χ1v) is 12.8. The number of hydrogen-bond acceptors (Lipinski definition) is 11. The monoisotopic (exact) mass is 548 g/mol. The van der Waals surface area contributed by atoms with E-state index in [1.54, 1.807) is 6.92 Å². The predicted molar refractivity (Wildman–Crippen MR) is 127 cm³/mol. The van der Waals surface area contributed by atoms with Crippen LogP contribution in [0.25, 0.3) is 11.4 Å². The molecule has 4 rings (SSSR count). The molecule has 16 nitrogen and oxygen atoms in total. The van der Waals surface area contributed by atoms with Crippen LogP contribution in [0.3, 0.4) is 0 Å². The molecule has 0 aliphatic carbocycles. The molecule has 0 aliphatic heterocycles. The van der Waals surface area contributed by atoms with Gasteiger partial charge in [0, 0.05) is 0 Å². The van der Waals surface area contributed by atoms with Crippen molar-refractivity contribution >= 4 is 43.2 Å². The van der Waals surface area contributed by atoms with Gasteiger partial charge in [0.2, 0.25) is 0 Å². The van der Waals surface area contributed by atoms with Crippen LogP contribution in [0.15, 0.2) is 74.7 Å². The minimum atomic E-state index is -4.45. The molecule has 2 aromatic carbocycles. The van der Waals surface area contributed by atoms with Crippen LogP contribution in [0.2, 0.25) is 0 Å². The summed E-state index contributed by atoms with van der Waals surface area (Å²) in [6, 6.07) is 9.68. The fourth-order valence-corrected chi connectivity index (χ4v) is 4.18. The molecule has 192 valence electrons. The second-order valence-electron chi connectivity index (χ2n) is 7.39. The Morgan fingerprint density at radius 1 is 0.892 bits per heavy atom. The van der Waals surface area contributed by atoms with E-state index >= 15 is 0 Å². The van der Waals surface area contributed by atoms with Crippen molar-refractivity contribution in [3.8, 4) is 11.4 Å². The molecule has 4 N–H and O–H groups in total. The topological polar surface area (TPSA) is 238 Å². The molecule has 0 atom stereocenters. The van der Waals surface area contributed by atoms with E-state index in [9.17, 15) is 26.9 Å². The van der Waals surface area contributed by atoms with Gasteiger partial charge in [-0.3, -0.25) is 19.2 Å². The molecule has 0 fully saturated rings. The van der Waals surface area contributed by atoms with Crippen molar-refractivity contribution in [2.75, 3.05) is 5.73 Å². The molecule has 0 unspecified atom stereocenters. The first-order valence-electron chi connectivity index (χ1n) is 9.92. The summed E-state index contributed by atoms with van der Waals surface area (Å²) >= 11 is 0. The van der Waals surface area contributed by atoms with Crippen LogP contribution in [0.4, 0.5) is 23.0 Å². The molecule has 0 saturated heterocycles. The largest absolute Gasteiger partial charge is 0.382 e. The molecule has 0 aliphatic rings. The maximum atomic E-state index is 11.5. The first kappa shape index (κ1) is 25.6. The van der Waals surface area contributed by atoms with E-state index in [4.69, 9.17) is 14.8 Å². The zero-order chi connectivity index (χ0) is 27.1. The van der Waals surface area contributed by atoms with Crippen molar-refractivity contribution in [2.24, 2.45) is 10.2 Å². The van der Waals surface area contributed by atoms with Crippen molar-refractivity contribution in [1.29, 1.82) is 0 Å². The number of hydrogen-bond donors (Lipinski definition) is 3. The molecule has 0 spiro atoms. The van der Waals surface area contributed by atoms with E-state index in [2.05, 4.69) is 20.4 Å². The van der Waals surface area contributed by atoms with Crippen molar-refractivity contribution in [3.05, 3.63) is 70.5 Å². The van der Waals surface area contributed by atoms with Crippen molar-refractivity contribution in [2.45, 2.75) is 16.7 Å². The van der Waals surface area contributed by atoms with Gasteiger partial charge in [-0.1, -0.05) is 0 Å². The zero-order valence-electron chi connectivity index (χ0n) is 18.6. The summed E-state index contributed by atoms with van der Waals surface area (Å²) in [5.74, 6) is -0.333. The SMILES string of the molecule is Cc1nn(-c2ccc(S(=O)(=O)O)cc2)c(N)c1N=Nc1c([N+](=O)[O-])cnn1-c1ccc(S(=O)(=O)O)cc1. The maximum Gasteiger partial charge on any atom is 0.335 e. The Balaban J connectivity index is 1.74. The average Bonchev–Trinajstić information content (AvgIpc) is 3.37. The van der Waals surface area contributed by atoms with Gasteiger partial charge in [0.15, 0.2) is 11.5 Å². The molecule has 2 heterocycles. The average molecular weight is 549 g/mol. The lowest BCUT2D eigenvalue weighted by Gasteiger charge is -2.05. The fraction of sp³-hybridized carbons (Fsp3) is 0.0526. The molecular formula is C19H16N8O8S2. The van der Waals surface area contributed by atoms with Crippen molar-refractivity contribution < 1.29 is 30.9 Å². The zero-order valence-corrected chi connectivity index (χ0v) is 20.2. The van der Waals surface area contributed by atoms with Crippen LogP contribution >= 0.6 is 0 Å². The number of nitrogen functional groups attached to an aromatic ring is 1. The quantitative estimate of drug-likeness (QED) is 0.131. The molecule has 0 amide bonds. The third kappa shape index (κ3) is 5.07. The second kappa shape index (κ2) is 9.17. The highest BCUT2D eigenvalue weighted by Crippen LogP contribution is 2.34. The van der Waals surface area contributed by atoms with Gasteiger partial charge in [-0.2, -0.15) is 27.0 Å². The van der Waals surface area contributed by atoms with Crippen LogP contribution in [0.1, 0.15) is 5.69 Å². The van der Waals surface area contributed by atoms with E-state index in [1.807, 2.05) is 0 Å². The Labute approximate surface area is 208 Å². The first-order chi connectivity index (χ1) is 17.3. The van der Waals surface area contributed by atoms with Crippen molar-refractivity contribution in [1.82, 2.24) is 19.6 Å². The van der Waals surface area contributed by atoms with E-state index in [1.165, 1.54) is 28.9 Å². The number of nitrogens with two attached hydrogens (primary N) is 1. The Bertz CT molecular complexity index is 1760. The third-order valence-corrected chi connectivity index (χ3v) is 6.72. The van der Waals surface area contributed by atoms with Crippen molar-refractivity contribution in [3.63, 3.8) is 0 Å². The van der Waals surface area contributed by atoms with Gasteiger partial charge in [-0.15, -0.1) is 10.2 Å². The minimum Gasteiger partial charge on any atom is -0.382 e. The van der Waals surface area contributed by atoms with Crippen LogP contribution in [0.5, 0.6) is 0 Å². The summed E-state index contributed by atoms with van der Waals surface area (Å²) in [4.78, 5) is 10.1. The van der Waals surface area contributed by atoms with Crippen LogP contribution in [0, 0.1) is 17.0 Å². The summed E-state index contributed by atoms with van der Waals surface area (Å²) in [7, 11) is -8.85. The standard InChI is InChI=1S/C19H16N8O8S2/c1-11-17(18(20)25(24-11)12-2-6-14(7-3-12)36(30,31)32)22-23-19-16(27(28)29)10-21-26(19)13-4-8-15(9-5-13)37(33,34)35/h2-10H,20H2,1H3,(H,30,31,32)(H,33,34,35). The Kier molecular flexibility index (Phi) is 6.34. The normalized spacial score (nSPS) is 12.3.